The average Bonchev–Trinajstić information content (AvgIpc) is 3.78. The monoisotopic (exact) mass is 709 g/mol. The Bertz CT molecular complexity index is 1700. The van der Waals surface area contributed by atoms with Crippen molar-refractivity contribution in [2.75, 3.05) is 33.5 Å². The number of rotatable bonds is 9. The van der Waals surface area contributed by atoms with Crippen molar-refractivity contribution in [3.8, 4) is 11.1 Å². The fourth-order valence-electron chi connectivity index (χ4n) is 7.55. The van der Waals surface area contributed by atoms with E-state index in [1.54, 1.807) is 29.2 Å². The van der Waals surface area contributed by atoms with Gasteiger partial charge in [0.15, 0.2) is 0 Å². The van der Waals surface area contributed by atoms with Crippen LogP contribution >= 0.6 is 0 Å². The van der Waals surface area contributed by atoms with E-state index in [4.69, 9.17) is 14.2 Å². The van der Waals surface area contributed by atoms with E-state index in [9.17, 15) is 24.3 Å². The van der Waals surface area contributed by atoms with Crippen LogP contribution in [0.4, 0.5) is 4.79 Å². The molecule has 5 atom stereocenters. The maximum atomic E-state index is 13.9. The molecular formula is C41H47N3O8. The van der Waals surface area contributed by atoms with Crippen molar-refractivity contribution >= 4 is 23.9 Å². The maximum absolute atomic E-state index is 13.9. The predicted octanol–water partition coefficient (Wildman–Crippen LogP) is 5.04. The zero-order valence-electron chi connectivity index (χ0n) is 29.4. The number of methoxy groups -OCH3 is 1. The number of likely N-dealkylation sites (tertiary alicyclic amines) is 1. The van der Waals surface area contributed by atoms with Crippen molar-refractivity contribution in [3.05, 3.63) is 108 Å². The van der Waals surface area contributed by atoms with E-state index < -0.39 is 36.2 Å². The number of carbonyl (C=O) groups excluding carboxylic acids is 4. The topological polar surface area (TPSA) is 144 Å². The molecule has 3 aliphatic rings. The Hall–Kier alpha value is -5.00. The van der Waals surface area contributed by atoms with Crippen molar-refractivity contribution in [1.82, 2.24) is 15.5 Å². The molecule has 3 aromatic rings. The molecule has 3 aromatic carbocycles. The van der Waals surface area contributed by atoms with Gasteiger partial charge in [-0.15, -0.1) is 0 Å². The number of fused-ring (bicyclic) bond motifs is 3. The van der Waals surface area contributed by atoms with Crippen molar-refractivity contribution in [2.24, 2.45) is 5.92 Å². The van der Waals surface area contributed by atoms with Crippen LogP contribution in [0.25, 0.3) is 11.1 Å². The van der Waals surface area contributed by atoms with Crippen molar-refractivity contribution in [1.29, 1.82) is 0 Å². The number of ether oxygens (including phenoxy) is 3. The van der Waals surface area contributed by atoms with E-state index in [1.165, 1.54) is 7.11 Å². The Morgan fingerprint density at radius 3 is 2.31 bits per heavy atom. The molecule has 3 amide bonds. The van der Waals surface area contributed by atoms with Crippen LogP contribution in [0.15, 0.2) is 91.0 Å². The maximum Gasteiger partial charge on any atom is 0.407 e. The number of aliphatic hydroxyl groups is 1. The van der Waals surface area contributed by atoms with Gasteiger partial charge in [-0.25, -0.2) is 9.59 Å². The van der Waals surface area contributed by atoms with Gasteiger partial charge in [0.2, 0.25) is 11.8 Å². The smallest absolute Gasteiger partial charge is 0.407 e. The van der Waals surface area contributed by atoms with Gasteiger partial charge >= 0.3 is 12.1 Å². The van der Waals surface area contributed by atoms with E-state index in [0.717, 1.165) is 35.1 Å². The van der Waals surface area contributed by atoms with Gasteiger partial charge in [0.25, 0.3) is 0 Å². The lowest BCUT2D eigenvalue weighted by Crippen LogP contribution is -2.49. The first-order valence-corrected chi connectivity index (χ1v) is 18.1. The molecular weight excluding hydrogens is 662 g/mol. The zero-order valence-corrected chi connectivity index (χ0v) is 29.4. The van der Waals surface area contributed by atoms with Crippen LogP contribution < -0.4 is 10.6 Å². The summed E-state index contributed by atoms with van der Waals surface area (Å²) < 4.78 is 17.4. The summed E-state index contributed by atoms with van der Waals surface area (Å²) in [6.07, 6.45) is 4.36. The van der Waals surface area contributed by atoms with E-state index in [2.05, 4.69) is 22.8 Å². The number of alkyl carbamates (subject to hydrolysis) is 1. The number of carbonyl (C=O) groups is 4. The van der Waals surface area contributed by atoms with Crippen molar-refractivity contribution in [3.63, 3.8) is 0 Å². The number of benzene rings is 3. The molecule has 3 N–H and O–H groups in total. The zero-order chi connectivity index (χ0) is 36.5. The highest BCUT2D eigenvalue weighted by Gasteiger charge is 2.36. The number of esters is 1. The van der Waals surface area contributed by atoms with Crippen molar-refractivity contribution in [2.45, 2.75) is 68.7 Å². The lowest BCUT2D eigenvalue weighted by molar-refractivity contribution is -0.155. The Kier molecular flexibility index (Phi) is 12.4. The number of amides is 3. The quantitative estimate of drug-likeness (QED) is 0.207. The minimum absolute atomic E-state index is 0.0122. The number of hydrogen-bond acceptors (Lipinski definition) is 8. The largest absolute Gasteiger partial charge is 0.454 e. The van der Waals surface area contributed by atoms with E-state index in [0.29, 0.717) is 18.5 Å². The van der Waals surface area contributed by atoms with Crippen LogP contribution in [0.5, 0.6) is 0 Å². The Morgan fingerprint density at radius 1 is 0.923 bits per heavy atom. The van der Waals surface area contributed by atoms with Crippen LogP contribution in [0.2, 0.25) is 0 Å². The summed E-state index contributed by atoms with van der Waals surface area (Å²) in [5.41, 5.74) is 5.00. The molecule has 1 fully saturated rings. The van der Waals surface area contributed by atoms with Gasteiger partial charge in [0.1, 0.15) is 18.8 Å². The molecule has 0 spiro atoms. The third kappa shape index (κ3) is 8.54. The van der Waals surface area contributed by atoms with Gasteiger partial charge in [-0.05, 0) is 59.9 Å². The summed E-state index contributed by atoms with van der Waals surface area (Å²) in [6.45, 7) is 0.531. The van der Waals surface area contributed by atoms with Gasteiger partial charge in [-0.1, -0.05) is 91.0 Å². The second kappa shape index (κ2) is 17.5. The number of aliphatic hydroxyl groups excluding tert-OH is 1. The van der Waals surface area contributed by atoms with Crippen LogP contribution in [-0.2, 0) is 28.6 Å². The van der Waals surface area contributed by atoms with Gasteiger partial charge in [0.05, 0.1) is 31.2 Å². The summed E-state index contributed by atoms with van der Waals surface area (Å²) in [6, 6.07) is 23.1. The molecule has 6 rings (SSSR count). The molecule has 1 saturated heterocycles. The first kappa shape index (κ1) is 36.8. The Balaban J connectivity index is 1.20. The summed E-state index contributed by atoms with van der Waals surface area (Å²) in [5, 5.41) is 15.5. The Morgan fingerprint density at radius 2 is 1.62 bits per heavy atom. The van der Waals surface area contributed by atoms with E-state index in [1.807, 2.05) is 54.6 Å². The minimum Gasteiger partial charge on any atom is -0.454 e. The number of hydrogen-bond donors (Lipinski definition) is 3. The molecule has 0 radical (unpaired) electrons. The molecule has 0 unspecified atom stereocenters. The van der Waals surface area contributed by atoms with Crippen molar-refractivity contribution < 1.29 is 38.5 Å². The molecule has 2 aliphatic heterocycles. The summed E-state index contributed by atoms with van der Waals surface area (Å²) >= 11 is 0. The van der Waals surface area contributed by atoms with Gasteiger partial charge in [-0.3, -0.25) is 9.59 Å². The molecule has 11 nitrogen and oxygen atoms in total. The van der Waals surface area contributed by atoms with E-state index in [-0.39, 0.29) is 62.9 Å². The van der Waals surface area contributed by atoms with Gasteiger partial charge in [-0.2, -0.15) is 0 Å². The Labute approximate surface area is 304 Å². The molecule has 0 aromatic heterocycles. The lowest BCUT2D eigenvalue weighted by Gasteiger charge is -2.31. The SMILES string of the molecule is COC[C@@H]1NC(=O)[C@@H](CC(=O)N2CCC[C@H]2CO)CC=CCC[C@H](NC(=O)OCC2c3ccccc3-c3ccccc32)C(=O)O[C@H]1c1ccccc1. The molecule has 274 valence electrons. The van der Waals surface area contributed by atoms with Crippen LogP contribution in [-0.4, -0.2) is 85.5 Å². The molecule has 1 aliphatic carbocycles. The lowest BCUT2D eigenvalue weighted by atomic mass is 9.96. The van der Waals surface area contributed by atoms with Crippen LogP contribution in [0.3, 0.4) is 0 Å². The highest BCUT2D eigenvalue weighted by atomic mass is 16.6. The van der Waals surface area contributed by atoms with Gasteiger partial charge < -0.3 is 34.9 Å². The summed E-state index contributed by atoms with van der Waals surface area (Å²) in [4.78, 5) is 56.2. The molecule has 2 heterocycles. The molecule has 11 heteroatoms. The first-order valence-electron chi connectivity index (χ1n) is 18.1. The highest BCUT2D eigenvalue weighted by molar-refractivity contribution is 5.87. The second-order valence-corrected chi connectivity index (χ2v) is 13.6. The third-order valence-electron chi connectivity index (χ3n) is 10.2. The fraction of sp³-hybridized carbons (Fsp3) is 0.415. The number of allylic oxidation sites excluding steroid dienone is 2. The van der Waals surface area contributed by atoms with E-state index >= 15 is 0 Å². The standard InChI is InChI=1S/C41H47N3O8/c1-50-26-36-38(27-13-4-2-5-14-27)52-40(48)35(21-7-3-6-15-28(39(47)42-36)23-37(46)44-22-12-16-29(44)24-45)43-41(49)51-25-34-32-19-10-8-17-30(32)31-18-9-11-20-33(31)34/h2-6,8-11,13-14,17-20,28-29,34-36,38,45H,7,12,15-16,21-26H2,1H3,(H,42,47)(H,43,49)/t28-,29+,35+,36+,38+/m1/s1. The number of nitrogens with zero attached hydrogens (tertiary/aromatic N) is 1. The molecule has 0 bridgehead atoms. The number of nitrogens with one attached hydrogen (secondary N) is 2. The second-order valence-electron chi connectivity index (χ2n) is 13.6. The molecule has 52 heavy (non-hydrogen) atoms. The third-order valence-corrected chi connectivity index (χ3v) is 10.2. The predicted molar refractivity (Wildman–Crippen MR) is 194 cm³/mol. The normalized spacial score (nSPS) is 23.7. The van der Waals surface area contributed by atoms with Crippen LogP contribution in [0, 0.1) is 5.92 Å². The average molecular weight is 710 g/mol. The summed E-state index contributed by atoms with van der Waals surface area (Å²) in [5.74, 6) is -2.08. The molecule has 0 saturated carbocycles. The minimum atomic E-state index is -1.05. The first-order chi connectivity index (χ1) is 25.4. The summed E-state index contributed by atoms with van der Waals surface area (Å²) in [7, 11) is 1.49. The highest BCUT2D eigenvalue weighted by Crippen LogP contribution is 2.44. The fourth-order valence-corrected chi connectivity index (χ4v) is 7.55. The van der Waals surface area contributed by atoms with Crippen LogP contribution in [0.1, 0.15) is 67.2 Å². The number of cyclic esters (lactones) is 1. The van der Waals surface area contributed by atoms with Gasteiger partial charge in [0, 0.05) is 26.0 Å².